The number of benzene rings is 2. The number of hydrogen-bond acceptors (Lipinski definition) is 6. The van der Waals surface area contributed by atoms with Crippen LogP contribution in [0.15, 0.2) is 41.2 Å². The van der Waals surface area contributed by atoms with Crippen LogP contribution in [0.25, 0.3) is 5.69 Å². The van der Waals surface area contributed by atoms with E-state index in [2.05, 4.69) is 4.98 Å². The summed E-state index contributed by atoms with van der Waals surface area (Å²) in [5.41, 5.74) is 2.24. The van der Waals surface area contributed by atoms with Gasteiger partial charge in [-0.05, 0) is 42.0 Å². The van der Waals surface area contributed by atoms with Gasteiger partial charge in [-0.2, -0.15) is 0 Å². The van der Waals surface area contributed by atoms with Gasteiger partial charge in [0.05, 0.1) is 33.6 Å². The van der Waals surface area contributed by atoms with Crippen molar-refractivity contribution in [1.29, 1.82) is 0 Å². The minimum atomic E-state index is -0.441. The second-order valence-corrected chi connectivity index (χ2v) is 7.55. The Labute approximate surface area is 184 Å². The highest BCUT2D eigenvalue weighted by Gasteiger charge is 2.33. The number of nitrogens with one attached hydrogen (secondary N) is 1. The molecule has 1 aliphatic rings. The first kappa shape index (κ1) is 21.0. The maximum atomic E-state index is 13.0. The van der Waals surface area contributed by atoms with E-state index < -0.39 is 11.6 Å². The molecule has 2 heterocycles. The summed E-state index contributed by atoms with van der Waals surface area (Å²) in [4.78, 5) is 15.7. The number of aromatic hydroxyl groups is 1. The van der Waals surface area contributed by atoms with Crippen LogP contribution in [0, 0.1) is 4.77 Å². The number of methoxy groups -OCH3 is 3. The van der Waals surface area contributed by atoms with Crippen LogP contribution >= 0.6 is 12.2 Å². The molecule has 3 aromatic rings. The number of rotatable bonds is 5. The maximum absolute atomic E-state index is 13.0. The first-order chi connectivity index (χ1) is 15.0. The van der Waals surface area contributed by atoms with Crippen molar-refractivity contribution in [2.75, 3.05) is 27.9 Å². The normalized spacial score (nSPS) is 15.3. The number of nitrogens with two attached hydrogens (primary N) is 1. The van der Waals surface area contributed by atoms with Crippen molar-refractivity contribution in [2.45, 2.75) is 12.5 Å². The summed E-state index contributed by atoms with van der Waals surface area (Å²) in [6.45, 7) is 0.746. The molecular weight excluding hydrogens is 418 g/mol. The van der Waals surface area contributed by atoms with Crippen LogP contribution in [0.2, 0.25) is 0 Å². The molecule has 9 heteroatoms. The highest BCUT2D eigenvalue weighted by atomic mass is 32.1. The smallest absolute Gasteiger partial charge is 0.265 e. The zero-order valence-electron chi connectivity index (χ0n) is 17.5. The van der Waals surface area contributed by atoms with Crippen molar-refractivity contribution in [3.8, 4) is 28.8 Å². The highest BCUT2D eigenvalue weighted by Crippen LogP contribution is 2.37. The van der Waals surface area contributed by atoms with Gasteiger partial charge in [-0.25, -0.2) is 0 Å². The summed E-state index contributed by atoms with van der Waals surface area (Å²) >= 11 is 5.37. The van der Waals surface area contributed by atoms with E-state index in [1.54, 1.807) is 26.4 Å². The van der Waals surface area contributed by atoms with Crippen molar-refractivity contribution in [2.24, 2.45) is 0 Å². The molecule has 0 radical (unpaired) electrons. The van der Waals surface area contributed by atoms with Crippen molar-refractivity contribution in [3.63, 3.8) is 0 Å². The van der Waals surface area contributed by atoms with E-state index in [4.69, 9.17) is 26.4 Å². The summed E-state index contributed by atoms with van der Waals surface area (Å²) in [7, 11) is 4.69. The van der Waals surface area contributed by atoms with Crippen LogP contribution in [0.1, 0.15) is 22.7 Å². The molecule has 1 aromatic heterocycles. The fourth-order valence-electron chi connectivity index (χ4n) is 4.11. The number of aromatic nitrogens is 2. The topological polar surface area (TPSA) is 102 Å². The predicted octanol–water partition coefficient (Wildman–Crippen LogP) is 1.84. The van der Waals surface area contributed by atoms with Gasteiger partial charge in [0.2, 0.25) is 5.88 Å². The molecule has 162 valence electrons. The lowest BCUT2D eigenvalue weighted by Gasteiger charge is -2.26. The molecule has 4 N–H and O–H groups in total. The van der Waals surface area contributed by atoms with Crippen LogP contribution in [0.5, 0.6) is 23.1 Å². The quantitative estimate of drug-likeness (QED) is 0.521. The number of aromatic amines is 1. The second kappa shape index (κ2) is 8.44. The number of hydrogen-bond donors (Lipinski definition) is 3. The molecule has 0 aliphatic carbocycles. The van der Waals surface area contributed by atoms with E-state index >= 15 is 0 Å². The Morgan fingerprint density at radius 2 is 1.77 bits per heavy atom. The second-order valence-electron chi connectivity index (χ2n) is 7.16. The number of para-hydroxylation sites is 2. The molecule has 0 unspecified atom stereocenters. The largest absolute Gasteiger partial charge is 0.495 e. The number of ether oxygens (including phenoxy) is 3. The first-order valence-corrected chi connectivity index (χ1v) is 10.2. The molecule has 31 heavy (non-hydrogen) atoms. The molecular formula is C22H24N3O5S+. The van der Waals surface area contributed by atoms with Crippen molar-refractivity contribution in [1.82, 2.24) is 9.55 Å². The van der Waals surface area contributed by atoms with Gasteiger partial charge in [0.1, 0.15) is 17.4 Å². The molecule has 0 spiro atoms. The predicted molar refractivity (Wildman–Crippen MR) is 117 cm³/mol. The van der Waals surface area contributed by atoms with Crippen LogP contribution < -0.4 is 25.1 Å². The van der Waals surface area contributed by atoms with Crippen molar-refractivity contribution in [3.05, 3.63) is 68.2 Å². The van der Waals surface area contributed by atoms with Crippen LogP contribution in [-0.4, -0.2) is 42.5 Å². The molecule has 0 amide bonds. The number of nitrogens with zero attached hydrogens (tertiary/aromatic N) is 1. The van der Waals surface area contributed by atoms with E-state index in [1.807, 2.05) is 29.6 Å². The third-order valence-corrected chi connectivity index (χ3v) is 5.84. The third kappa shape index (κ3) is 3.55. The van der Waals surface area contributed by atoms with E-state index in [0.717, 1.165) is 24.1 Å². The third-order valence-electron chi connectivity index (χ3n) is 5.55. The first-order valence-electron chi connectivity index (χ1n) is 9.79. The van der Waals surface area contributed by atoms with Gasteiger partial charge in [0.15, 0.2) is 16.3 Å². The summed E-state index contributed by atoms with van der Waals surface area (Å²) in [5, 5.41) is 13.3. The van der Waals surface area contributed by atoms with Crippen molar-refractivity contribution >= 4 is 12.2 Å². The Morgan fingerprint density at radius 3 is 2.48 bits per heavy atom. The summed E-state index contributed by atoms with van der Waals surface area (Å²) in [6, 6.07) is 10.5. The highest BCUT2D eigenvalue weighted by molar-refractivity contribution is 7.71. The van der Waals surface area contributed by atoms with Gasteiger partial charge in [0, 0.05) is 12.0 Å². The Kier molecular flexibility index (Phi) is 5.71. The van der Waals surface area contributed by atoms with Gasteiger partial charge in [-0.3, -0.25) is 14.3 Å². The van der Waals surface area contributed by atoms with E-state index in [9.17, 15) is 9.90 Å². The Morgan fingerprint density at radius 1 is 1.10 bits per heavy atom. The summed E-state index contributed by atoms with van der Waals surface area (Å²) in [5.74, 6) is 1.49. The fraction of sp³-hybridized carbons (Fsp3) is 0.273. The molecule has 1 aliphatic heterocycles. The Balaban J connectivity index is 1.95. The molecule has 0 saturated heterocycles. The van der Waals surface area contributed by atoms with Gasteiger partial charge < -0.3 is 24.6 Å². The molecule has 4 rings (SSSR count). The average molecular weight is 443 g/mol. The van der Waals surface area contributed by atoms with Gasteiger partial charge >= 0.3 is 0 Å². The molecule has 0 fully saturated rings. The average Bonchev–Trinajstić information content (AvgIpc) is 2.78. The van der Waals surface area contributed by atoms with E-state index in [-0.39, 0.29) is 16.2 Å². The number of fused-ring (bicyclic) bond motifs is 1. The summed E-state index contributed by atoms with van der Waals surface area (Å²) < 4.78 is 17.8. The Hall–Kier alpha value is -3.30. The Bertz CT molecular complexity index is 1250. The van der Waals surface area contributed by atoms with Crippen LogP contribution in [0.3, 0.4) is 0 Å². The number of quaternary nitrogens is 1. The molecule has 0 bridgehead atoms. The minimum Gasteiger partial charge on any atom is -0.495 e. The molecule has 0 saturated carbocycles. The van der Waals surface area contributed by atoms with E-state index in [0.29, 0.717) is 22.9 Å². The molecule has 2 aromatic carbocycles. The zero-order chi connectivity index (χ0) is 22.1. The molecule has 1 atom stereocenters. The lowest BCUT2D eigenvalue weighted by Crippen LogP contribution is -2.87. The van der Waals surface area contributed by atoms with Gasteiger partial charge in [-0.1, -0.05) is 12.1 Å². The SMILES string of the molecule is COc1cc2c(cc1OC)[C@H](c1c(O)n(-c3ccccc3OC)c(=S)[nH]c1=O)[NH2+]CC2. The lowest BCUT2D eigenvalue weighted by atomic mass is 9.90. The van der Waals surface area contributed by atoms with Crippen LogP contribution in [-0.2, 0) is 6.42 Å². The summed E-state index contributed by atoms with van der Waals surface area (Å²) in [6.07, 6.45) is 0.802. The monoisotopic (exact) mass is 442 g/mol. The minimum absolute atomic E-state index is 0.0825. The fourth-order valence-corrected chi connectivity index (χ4v) is 4.38. The maximum Gasteiger partial charge on any atom is 0.265 e. The van der Waals surface area contributed by atoms with E-state index in [1.165, 1.54) is 11.7 Å². The zero-order valence-corrected chi connectivity index (χ0v) is 18.3. The van der Waals surface area contributed by atoms with Gasteiger partial charge in [0.25, 0.3) is 5.56 Å². The van der Waals surface area contributed by atoms with Crippen molar-refractivity contribution < 1.29 is 24.6 Å². The van der Waals surface area contributed by atoms with Crippen LogP contribution in [0.4, 0.5) is 0 Å². The molecule has 8 nitrogen and oxygen atoms in total. The van der Waals surface area contributed by atoms with Gasteiger partial charge in [-0.15, -0.1) is 0 Å². The standard InChI is InChI=1S/C22H23N3O5S/c1-28-15-7-5-4-6-14(15)25-21(27)18(20(26)24-22(25)31)19-13-11-17(30-3)16(29-2)10-12(13)8-9-23-19/h4-7,10-11,19,23,27H,8-9H2,1-3H3,(H,24,26,31)/p+1/t19-/m1/s1. The lowest BCUT2D eigenvalue weighted by molar-refractivity contribution is -0.690. The number of H-pyrrole nitrogens is 1.